The van der Waals surface area contributed by atoms with E-state index in [0.29, 0.717) is 12.1 Å². The summed E-state index contributed by atoms with van der Waals surface area (Å²) in [5.74, 6) is -0.657. The zero-order valence-corrected chi connectivity index (χ0v) is 11.0. The molecule has 2 N–H and O–H groups in total. The van der Waals surface area contributed by atoms with Gasteiger partial charge in [-0.15, -0.1) is 0 Å². The third-order valence-corrected chi connectivity index (χ3v) is 3.25. The first-order valence-electron chi connectivity index (χ1n) is 6.13. The number of carbonyl (C=O) groups is 1. The van der Waals surface area contributed by atoms with Gasteiger partial charge in [0.25, 0.3) is 5.91 Å². The Balaban J connectivity index is 2.40. The van der Waals surface area contributed by atoms with Gasteiger partial charge in [-0.2, -0.15) is 23.3 Å². The molecule has 1 aromatic rings. The lowest BCUT2D eigenvalue weighted by atomic mass is 10.0. The van der Waals surface area contributed by atoms with Gasteiger partial charge in [0.15, 0.2) is 0 Å². The van der Waals surface area contributed by atoms with Crippen molar-refractivity contribution in [2.24, 2.45) is 11.0 Å². The van der Waals surface area contributed by atoms with E-state index in [0.717, 1.165) is 17.1 Å². The van der Waals surface area contributed by atoms with Crippen LogP contribution >= 0.6 is 0 Å². The van der Waals surface area contributed by atoms with Crippen molar-refractivity contribution in [2.45, 2.75) is 26.4 Å². The molecule has 20 heavy (non-hydrogen) atoms. The van der Waals surface area contributed by atoms with Gasteiger partial charge in [-0.05, 0) is 31.5 Å². The normalized spacial score (nSPS) is 19.4. The average molecular weight is 285 g/mol. The molecule has 0 aromatic heterocycles. The summed E-state index contributed by atoms with van der Waals surface area (Å²) in [6, 6.07) is 2.88. The maximum absolute atomic E-state index is 12.6. The molecule has 1 unspecified atom stereocenters. The number of hydrogen-bond donors (Lipinski definition) is 1. The Bertz CT molecular complexity index is 581. The van der Waals surface area contributed by atoms with Gasteiger partial charge in [-0.3, -0.25) is 4.79 Å². The van der Waals surface area contributed by atoms with E-state index in [1.54, 1.807) is 6.92 Å². The fraction of sp³-hybridized carbons (Fsp3) is 0.385. The Morgan fingerprint density at radius 3 is 2.50 bits per heavy atom. The van der Waals surface area contributed by atoms with E-state index in [9.17, 15) is 18.0 Å². The van der Waals surface area contributed by atoms with Crippen LogP contribution in [0.3, 0.4) is 0 Å². The molecule has 1 aliphatic rings. The van der Waals surface area contributed by atoms with E-state index in [1.807, 2.05) is 6.92 Å². The number of alkyl halides is 3. The summed E-state index contributed by atoms with van der Waals surface area (Å²) < 4.78 is 37.7. The van der Waals surface area contributed by atoms with Crippen molar-refractivity contribution in [3.8, 4) is 0 Å². The molecule has 108 valence electrons. The average Bonchev–Trinajstić information content (AvgIpc) is 2.65. The molecule has 0 bridgehead atoms. The second-order valence-electron chi connectivity index (χ2n) is 4.59. The van der Waals surface area contributed by atoms with Crippen molar-refractivity contribution in [1.29, 1.82) is 0 Å². The number of amides is 1. The summed E-state index contributed by atoms with van der Waals surface area (Å²) >= 11 is 0. The van der Waals surface area contributed by atoms with Crippen LogP contribution in [0.5, 0.6) is 0 Å². The molecule has 1 atom stereocenters. The molecule has 0 radical (unpaired) electrons. The molecule has 1 heterocycles. The van der Waals surface area contributed by atoms with E-state index in [1.165, 1.54) is 6.07 Å². The summed E-state index contributed by atoms with van der Waals surface area (Å²) in [6.07, 6.45) is -3.86. The molecule has 0 saturated carbocycles. The molecule has 1 aliphatic heterocycles. The number of nitrogens with zero attached hydrogens (tertiary/aromatic N) is 2. The van der Waals surface area contributed by atoms with Crippen LogP contribution in [-0.4, -0.2) is 11.6 Å². The summed E-state index contributed by atoms with van der Waals surface area (Å²) in [4.78, 5) is 12.0. The van der Waals surface area contributed by atoms with Crippen LogP contribution in [0.2, 0.25) is 0 Å². The zero-order valence-electron chi connectivity index (χ0n) is 11.0. The number of nitrogens with two attached hydrogens (primary N) is 1. The molecule has 0 spiro atoms. The molecule has 4 nitrogen and oxygen atoms in total. The van der Waals surface area contributed by atoms with E-state index in [4.69, 9.17) is 5.73 Å². The van der Waals surface area contributed by atoms with Crippen LogP contribution in [0.1, 0.15) is 25.8 Å². The Morgan fingerprint density at radius 1 is 1.40 bits per heavy atom. The predicted octanol–water partition coefficient (Wildman–Crippen LogP) is 3.04. The number of anilines is 2. The standard InChI is InChI=1S/C13H14F3N3O/c1-3-10-7(2)12(20)19(18-10)11-5-4-8(6-9(11)17)13(14,15)16/h4-7H,3,17H2,1-2H3. The van der Waals surface area contributed by atoms with Crippen LogP contribution in [0.25, 0.3) is 0 Å². The van der Waals surface area contributed by atoms with Gasteiger partial charge in [-0.1, -0.05) is 6.92 Å². The van der Waals surface area contributed by atoms with Crippen LogP contribution in [0.15, 0.2) is 23.3 Å². The number of benzene rings is 1. The highest BCUT2D eigenvalue weighted by Gasteiger charge is 2.35. The third-order valence-electron chi connectivity index (χ3n) is 3.25. The lowest BCUT2D eigenvalue weighted by Crippen LogP contribution is -2.26. The van der Waals surface area contributed by atoms with Crippen molar-refractivity contribution in [2.75, 3.05) is 10.7 Å². The maximum atomic E-state index is 12.6. The van der Waals surface area contributed by atoms with Gasteiger partial charge in [0.1, 0.15) is 0 Å². The Labute approximate surface area is 114 Å². The van der Waals surface area contributed by atoms with Crippen molar-refractivity contribution in [3.63, 3.8) is 0 Å². The van der Waals surface area contributed by atoms with Gasteiger partial charge in [0.05, 0.1) is 28.6 Å². The first-order chi connectivity index (χ1) is 9.25. The summed E-state index contributed by atoms with van der Waals surface area (Å²) in [6.45, 7) is 3.58. The highest BCUT2D eigenvalue weighted by Crippen LogP contribution is 2.35. The monoisotopic (exact) mass is 285 g/mol. The molecule has 1 amide bonds. The van der Waals surface area contributed by atoms with E-state index in [2.05, 4.69) is 5.10 Å². The SMILES string of the molecule is CCC1=NN(c2ccc(C(F)(F)F)cc2N)C(=O)C1C. The number of carbonyl (C=O) groups excluding carboxylic acids is 1. The van der Waals surface area contributed by atoms with E-state index in [-0.39, 0.29) is 23.2 Å². The Morgan fingerprint density at radius 2 is 2.05 bits per heavy atom. The van der Waals surface area contributed by atoms with Crippen molar-refractivity contribution >= 4 is 23.0 Å². The van der Waals surface area contributed by atoms with Crippen LogP contribution in [-0.2, 0) is 11.0 Å². The summed E-state index contributed by atoms with van der Waals surface area (Å²) in [7, 11) is 0. The van der Waals surface area contributed by atoms with Gasteiger partial charge in [0.2, 0.25) is 0 Å². The second-order valence-corrected chi connectivity index (χ2v) is 4.59. The van der Waals surface area contributed by atoms with Crippen molar-refractivity contribution in [3.05, 3.63) is 23.8 Å². The lowest BCUT2D eigenvalue weighted by Gasteiger charge is -2.16. The molecule has 0 fully saturated rings. The van der Waals surface area contributed by atoms with Gasteiger partial charge in [-0.25, -0.2) is 0 Å². The first-order valence-corrected chi connectivity index (χ1v) is 6.13. The third kappa shape index (κ3) is 2.35. The minimum atomic E-state index is -4.47. The lowest BCUT2D eigenvalue weighted by molar-refractivity contribution is -0.137. The summed E-state index contributed by atoms with van der Waals surface area (Å²) in [5, 5.41) is 5.21. The molecule has 0 saturated heterocycles. The number of rotatable bonds is 2. The molecule has 2 rings (SSSR count). The number of halogens is 3. The highest BCUT2D eigenvalue weighted by atomic mass is 19.4. The molecule has 7 heteroatoms. The minimum absolute atomic E-state index is 0.124. The predicted molar refractivity (Wildman–Crippen MR) is 70.2 cm³/mol. The molecule has 1 aromatic carbocycles. The largest absolute Gasteiger partial charge is 0.416 e. The number of hydrazone groups is 1. The van der Waals surface area contributed by atoms with Gasteiger partial charge >= 0.3 is 6.18 Å². The quantitative estimate of drug-likeness (QED) is 0.849. The van der Waals surface area contributed by atoms with Crippen LogP contribution in [0, 0.1) is 5.92 Å². The minimum Gasteiger partial charge on any atom is -0.397 e. The van der Waals surface area contributed by atoms with Crippen LogP contribution in [0.4, 0.5) is 24.5 Å². The highest BCUT2D eigenvalue weighted by molar-refractivity contribution is 6.15. The Hall–Kier alpha value is -2.05. The maximum Gasteiger partial charge on any atom is 0.416 e. The fourth-order valence-corrected chi connectivity index (χ4v) is 2.06. The molecule has 0 aliphatic carbocycles. The van der Waals surface area contributed by atoms with Gasteiger partial charge < -0.3 is 5.73 Å². The Kier molecular flexibility index (Phi) is 3.45. The number of nitrogen functional groups attached to an aromatic ring is 1. The topological polar surface area (TPSA) is 58.7 Å². The smallest absolute Gasteiger partial charge is 0.397 e. The van der Waals surface area contributed by atoms with Crippen molar-refractivity contribution in [1.82, 2.24) is 0 Å². The van der Waals surface area contributed by atoms with Gasteiger partial charge in [0, 0.05) is 0 Å². The first kappa shape index (κ1) is 14.4. The second kappa shape index (κ2) is 4.81. The molecular formula is C13H14F3N3O. The fourth-order valence-electron chi connectivity index (χ4n) is 2.06. The number of hydrogen-bond acceptors (Lipinski definition) is 3. The summed E-state index contributed by atoms with van der Waals surface area (Å²) in [5.41, 5.74) is 5.52. The van der Waals surface area contributed by atoms with E-state index >= 15 is 0 Å². The van der Waals surface area contributed by atoms with Crippen LogP contribution < -0.4 is 10.7 Å². The van der Waals surface area contributed by atoms with E-state index < -0.39 is 11.7 Å². The zero-order chi connectivity index (χ0) is 15.1. The van der Waals surface area contributed by atoms with Crippen molar-refractivity contribution < 1.29 is 18.0 Å². The molecular weight excluding hydrogens is 271 g/mol.